The number of aliphatic carboxylic acids is 6. The van der Waals surface area contributed by atoms with Crippen LogP contribution in [0, 0.1) is 11.8 Å². The van der Waals surface area contributed by atoms with Crippen LogP contribution in [-0.4, -0.2) is 116 Å². The Morgan fingerprint density at radius 3 is 1.27 bits per heavy atom. The number of nitrogens with two attached hydrogens (primary N) is 6. The Balaban J connectivity index is -0.000000270. The largest absolute Gasteiger partial charge is 0.480 e. The van der Waals surface area contributed by atoms with Gasteiger partial charge >= 0.3 is 35.8 Å². The fraction of sp³-hybridized carbons (Fsp3) is 0.594. The lowest BCUT2D eigenvalue weighted by Crippen LogP contribution is -2.34. The van der Waals surface area contributed by atoms with Gasteiger partial charge in [-0.15, -0.1) is 0 Å². The molecule has 19 N–H and O–H groups in total. The third-order valence-corrected chi connectivity index (χ3v) is 5.97. The Bertz CT molecular complexity index is 1160. The van der Waals surface area contributed by atoms with Gasteiger partial charge in [-0.25, -0.2) is 0 Å². The SMILES string of the molecule is CC(C)C[C@H](N)C(=O)O.CC(C)C[C@H](N)C(=O)O.NC(=O)C[C@H](N)C(=O)O.NCC(=O)O.N[C@@H](Cc1ccccc1)C(=O)O.O=C(O)[C@@H]1CCCN1. The summed E-state index contributed by atoms with van der Waals surface area (Å²) in [6, 6.07) is 5.73. The molecule has 300 valence electrons. The van der Waals surface area contributed by atoms with Gasteiger partial charge < -0.3 is 70.4 Å². The fourth-order valence-corrected chi connectivity index (χ4v) is 3.37. The summed E-state index contributed by atoms with van der Waals surface area (Å²) in [4.78, 5) is 69.9. The molecule has 0 aliphatic carbocycles. The van der Waals surface area contributed by atoms with Gasteiger partial charge in [-0.05, 0) is 56.0 Å². The van der Waals surface area contributed by atoms with Gasteiger partial charge in [-0.3, -0.25) is 33.6 Å². The van der Waals surface area contributed by atoms with Gasteiger partial charge in [0.1, 0.15) is 30.2 Å². The average molecular weight is 750 g/mol. The van der Waals surface area contributed by atoms with Gasteiger partial charge in [-0.1, -0.05) is 58.0 Å². The predicted molar refractivity (Wildman–Crippen MR) is 191 cm³/mol. The van der Waals surface area contributed by atoms with Crippen molar-refractivity contribution in [3.05, 3.63) is 35.9 Å². The summed E-state index contributed by atoms with van der Waals surface area (Å²) < 4.78 is 0. The smallest absolute Gasteiger partial charge is 0.321 e. The molecule has 0 spiro atoms. The van der Waals surface area contributed by atoms with Crippen LogP contribution in [0.5, 0.6) is 0 Å². The summed E-state index contributed by atoms with van der Waals surface area (Å²) in [5.41, 5.74) is 30.9. The van der Waals surface area contributed by atoms with Gasteiger partial charge in [0, 0.05) is 0 Å². The number of hydrogen-bond acceptors (Lipinski definition) is 13. The van der Waals surface area contributed by atoms with Crippen molar-refractivity contribution in [1.82, 2.24) is 5.32 Å². The molecule has 0 aromatic heterocycles. The first kappa shape index (κ1) is 54.1. The highest BCUT2D eigenvalue weighted by atomic mass is 16.4. The van der Waals surface area contributed by atoms with Gasteiger partial charge in [0.25, 0.3) is 0 Å². The van der Waals surface area contributed by atoms with Crippen LogP contribution in [-0.2, 0) is 40.0 Å². The summed E-state index contributed by atoms with van der Waals surface area (Å²) in [7, 11) is 0. The van der Waals surface area contributed by atoms with Gasteiger partial charge in [0.15, 0.2) is 0 Å². The number of amides is 1. The Kier molecular flexibility index (Phi) is 33.5. The number of primary amides is 1. The summed E-state index contributed by atoms with van der Waals surface area (Å²) in [5.74, 6) is -5.68. The number of carboxylic acid groups (broad SMARTS) is 6. The Labute approximate surface area is 302 Å². The van der Waals surface area contributed by atoms with Crippen molar-refractivity contribution in [1.29, 1.82) is 0 Å². The van der Waals surface area contributed by atoms with Crippen LogP contribution in [0.3, 0.4) is 0 Å². The molecule has 0 saturated carbocycles. The number of benzene rings is 1. The number of rotatable bonds is 14. The van der Waals surface area contributed by atoms with Crippen molar-refractivity contribution >= 4 is 41.7 Å². The monoisotopic (exact) mass is 749 g/mol. The molecule has 0 bridgehead atoms. The molecular weight excluding hydrogens is 690 g/mol. The molecule has 1 saturated heterocycles. The second-order valence-electron chi connectivity index (χ2n) is 12.0. The standard InChI is InChI=1S/C9H11NO2.2C6H13NO2.C5H9NO2.C4H8N2O3.C2H5NO2/c10-8(9(11)12)6-7-4-2-1-3-5-7;2*1-4(2)3-5(7)6(8)9;7-5(8)4-2-1-3-6-4;5-2(4(8)9)1-3(6)7;3-1-2(4)5/h1-5,8H,6,10H2,(H,11,12);2*4-5H,3,7H2,1-2H3,(H,8,9);4,6H,1-3H2,(H,7,8);2H,1,5H2,(H2,6,7)(H,8,9);1,3H2,(H,4,5)/t8-;2*5-;4-;2-;/m00000./s1. The van der Waals surface area contributed by atoms with Crippen molar-refractivity contribution < 1.29 is 64.2 Å². The van der Waals surface area contributed by atoms with Gasteiger partial charge in [-0.2, -0.15) is 0 Å². The molecule has 20 nitrogen and oxygen atoms in total. The predicted octanol–water partition coefficient (Wildman–Crippen LogP) is -1.34. The van der Waals surface area contributed by atoms with E-state index in [0.29, 0.717) is 31.1 Å². The van der Waals surface area contributed by atoms with Crippen LogP contribution < -0.4 is 39.7 Å². The molecule has 2 rings (SSSR count). The Morgan fingerprint density at radius 2 is 1.08 bits per heavy atom. The first-order valence-electron chi connectivity index (χ1n) is 16.0. The van der Waals surface area contributed by atoms with E-state index in [9.17, 15) is 33.6 Å². The maximum absolute atomic E-state index is 10.4. The first-order chi connectivity index (χ1) is 23.9. The minimum absolute atomic E-state index is 0.269. The lowest BCUT2D eigenvalue weighted by molar-refractivity contribution is -0.140. The number of carbonyl (C=O) groups is 7. The molecule has 1 heterocycles. The average Bonchev–Trinajstić information content (AvgIpc) is 3.58. The molecule has 1 aromatic rings. The number of hydrogen-bond donors (Lipinski definition) is 13. The van der Waals surface area contributed by atoms with E-state index in [2.05, 4.69) is 16.8 Å². The summed E-state index contributed by atoms with van der Waals surface area (Å²) in [6.45, 7) is 8.37. The second kappa shape index (κ2) is 32.2. The zero-order valence-corrected chi connectivity index (χ0v) is 30.1. The van der Waals surface area contributed by atoms with E-state index >= 15 is 0 Å². The number of carbonyl (C=O) groups excluding carboxylic acids is 1. The number of nitrogens with one attached hydrogen (secondary N) is 1. The summed E-state index contributed by atoms with van der Waals surface area (Å²) in [5, 5.41) is 52.0. The van der Waals surface area contributed by atoms with E-state index in [1.165, 1.54) is 0 Å². The first-order valence-corrected chi connectivity index (χ1v) is 16.0. The Morgan fingerprint density at radius 1 is 0.692 bits per heavy atom. The van der Waals surface area contributed by atoms with Gasteiger partial charge in [0.2, 0.25) is 5.91 Å². The van der Waals surface area contributed by atoms with Crippen LogP contribution in [0.25, 0.3) is 0 Å². The van der Waals surface area contributed by atoms with Crippen LogP contribution in [0.2, 0.25) is 0 Å². The van der Waals surface area contributed by atoms with E-state index in [1.807, 2.05) is 58.0 Å². The molecule has 1 aliphatic rings. The quantitative estimate of drug-likeness (QED) is 0.105. The van der Waals surface area contributed by atoms with Crippen molar-refractivity contribution in [3.63, 3.8) is 0 Å². The number of carboxylic acids is 6. The minimum atomic E-state index is -1.21. The van der Waals surface area contributed by atoms with Crippen LogP contribution >= 0.6 is 0 Å². The topological polar surface area (TPSA) is 409 Å². The highest BCUT2D eigenvalue weighted by molar-refractivity contribution is 5.83. The van der Waals surface area contributed by atoms with Crippen molar-refractivity contribution in [3.8, 4) is 0 Å². The maximum Gasteiger partial charge on any atom is 0.321 e. The van der Waals surface area contributed by atoms with Crippen molar-refractivity contribution in [2.75, 3.05) is 13.1 Å². The molecule has 1 aliphatic heterocycles. The van der Waals surface area contributed by atoms with E-state index in [1.54, 1.807) is 0 Å². The molecule has 0 unspecified atom stereocenters. The van der Waals surface area contributed by atoms with Gasteiger partial charge in [0.05, 0.1) is 13.0 Å². The summed E-state index contributed by atoms with van der Waals surface area (Å²) >= 11 is 0. The molecule has 5 atom stereocenters. The molecule has 1 aromatic carbocycles. The summed E-state index contributed by atoms with van der Waals surface area (Å²) in [6.07, 6.45) is 2.96. The zero-order chi connectivity index (χ0) is 41.6. The maximum atomic E-state index is 10.4. The zero-order valence-electron chi connectivity index (χ0n) is 30.1. The van der Waals surface area contributed by atoms with Crippen LogP contribution in [0.1, 0.15) is 65.4 Å². The molecule has 0 radical (unpaired) electrons. The van der Waals surface area contributed by atoms with E-state index < -0.39 is 65.9 Å². The molecule has 20 heteroatoms. The molecule has 1 amide bonds. The van der Waals surface area contributed by atoms with Crippen molar-refractivity contribution in [2.45, 2.75) is 96.4 Å². The second-order valence-corrected chi connectivity index (χ2v) is 12.0. The third-order valence-electron chi connectivity index (χ3n) is 5.97. The Hall–Kier alpha value is -4.73. The van der Waals surface area contributed by atoms with E-state index in [-0.39, 0.29) is 19.0 Å². The molecule has 1 fully saturated rings. The van der Waals surface area contributed by atoms with Crippen LogP contribution in [0.4, 0.5) is 0 Å². The fourth-order valence-electron chi connectivity index (χ4n) is 3.37. The van der Waals surface area contributed by atoms with Crippen molar-refractivity contribution in [2.24, 2.45) is 46.2 Å². The molecule has 52 heavy (non-hydrogen) atoms. The molecular formula is C32H59N7O13. The lowest BCUT2D eigenvalue weighted by Gasteiger charge is -2.07. The van der Waals surface area contributed by atoms with E-state index in [4.69, 9.17) is 53.6 Å². The lowest BCUT2D eigenvalue weighted by atomic mass is 10.1. The third kappa shape index (κ3) is 38.1. The minimum Gasteiger partial charge on any atom is -0.480 e. The normalized spacial score (nSPS) is 14.9. The van der Waals surface area contributed by atoms with Crippen LogP contribution in [0.15, 0.2) is 30.3 Å². The highest BCUT2D eigenvalue weighted by Crippen LogP contribution is 2.04. The highest BCUT2D eigenvalue weighted by Gasteiger charge is 2.20. The van der Waals surface area contributed by atoms with E-state index in [0.717, 1.165) is 24.9 Å².